The minimum atomic E-state index is -0.465. The first-order valence-electron chi connectivity index (χ1n) is 13.6. The van der Waals surface area contributed by atoms with E-state index in [1.165, 1.54) is 11.8 Å². The number of anilines is 3. The molecule has 0 aliphatic heterocycles. The van der Waals surface area contributed by atoms with Gasteiger partial charge in [0.05, 0.1) is 12.4 Å². The van der Waals surface area contributed by atoms with Crippen molar-refractivity contribution < 1.29 is 19.1 Å². The van der Waals surface area contributed by atoms with E-state index >= 15 is 0 Å². The molecule has 0 heterocycles. The number of nitrogens with one attached hydrogen (secondary N) is 3. The zero-order chi connectivity index (χ0) is 30.8. The fourth-order valence-corrected chi connectivity index (χ4v) is 4.86. The fraction of sp³-hybridized carbons (Fsp3) is 0.147. The molecular weight excluding hydrogens is 560 g/mol. The van der Waals surface area contributed by atoms with Crippen molar-refractivity contribution in [2.45, 2.75) is 17.1 Å². The van der Waals surface area contributed by atoms with Gasteiger partial charge in [0.2, 0.25) is 5.91 Å². The van der Waals surface area contributed by atoms with Gasteiger partial charge in [0, 0.05) is 47.7 Å². The molecule has 1 atom stereocenters. The smallest absolute Gasteiger partial charge is 0.272 e. The molecule has 8 nitrogen and oxygen atoms in total. The van der Waals surface area contributed by atoms with Gasteiger partial charge in [-0.2, -0.15) is 0 Å². The average molecular weight is 595 g/mol. The van der Waals surface area contributed by atoms with E-state index in [4.69, 9.17) is 4.74 Å². The van der Waals surface area contributed by atoms with E-state index in [1.807, 2.05) is 80.5 Å². The van der Waals surface area contributed by atoms with Gasteiger partial charge in [0.1, 0.15) is 11.4 Å². The maximum Gasteiger partial charge on any atom is 0.272 e. The standard InChI is InChI=1S/C34H34N4O4S/c1-23(32(39)36-27-11-8-12-29(22-27)42-4)43-30-19-15-26(16-20-30)35-34(41)31(37-33(40)25-9-6-5-7-10-25)21-24-13-17-28(18-14-24)38(2)3/h5-23H,1-4H3,(H,35,41)(H,36,39)(H,37,40)/b31-21-. The number of rotatable bonds is 11. The largest absolute Gasteiger partial charge is 0.497 e. The Morgan fingerprint density at radius 1 is 0.814 bits per heavy atom. The lowest BCUT2D eigenvalue weighted by Crippen LogP contribution is -2.30. The Kier molecular flexibility index (Phi) is 10.6. The maximum absolute atomic E-state index is 13.4. The van der Waals surface area contributed by atoms with E-state index in [9.17, 15) is 14.4 Å². The van der Waals surface area contributed by atoms with Crippen LogP contribution in [0.4, 0.5) is 17.1 Å². The minimum Gasteiger partial charge on any atom is -0.497 e. The lowest BCUT2D eigenvalue weighted by molar-refractivity contribution is -0.115. The van der Waals surface area contributed by atoms with Crippen LogP contribution < -0.4 is 25.6 Å². The SMILES string of the molecule is COc1cccc(NC(=O)C(C)Sc2ccc(NC(=O)/C(=C/c3ccc(N(C)C)cc3)NC(=O)c3ccccc3)cc2)c1. The molecule has 0 aliphatic carbocycles. The van der Waals surface area contributed by atoms with Crippen LogP contribution in [0.5, 0.6) is 5.75 Å². The van der Waals surface area contributed by atoms with E-state index in [0.29, 0.717) is 22.7 Å². The van der Waals surface area contributed by atoms with Crippen LogP contribution in [0.15, 0.2) is 114 Å². The summed E-state index contributed by atoms with van der Waals surface area (Å²) < 4.78 is 5.21. The summed E-state index contributed by atoms with van der Waals surface area (Å²) in [6.45, 7) is 1.83. The average Bonchev–Trinajstić information content (AvgIpc) is 3.02. The highest BCUT2D eigenvalue weighted by atomic mass is 32.2. The molecule has 4 aromatic carbocycles. The van der Waals surface area contributed by atoms with E-state index in [1.54, 1.807) is 61.7 Å². The summed E-state index contributed by atoms with van der Waals surface area (Å²) in [6, 6.07) is 30.7. The van der Waals surface area contributed by atoms with Gasteiger partial charge in [-0.15, -0.1) is 11.8 Å². The number of methoxy groups -OCH3 is 1. The van der Waals surface area contributed by atoms with Crippen LogP contribution in [0.25, 0.3) is 6.08 Å². The Morgan fingerprint density at radius 2 is 1.51 bits per heavy atom. The van der Waals surface area contributed by atoms with Crippen molar-refractivity contribution in [1.29, 1.82) is 0 Å². The predicted octanol–water partition coefficient (Wildman–Crippen LogP) is 6.29. The first kappa shape index (κ1) is 30.9. The number of hydrogen-bond donors (Lipinski definition) is 3. The molecule has 0 aliphatic rings. The van der Waals surface area contributed by atoms with Crippen molar-refractivity contribution in [2.24, 2.45) is 0 Å². The first-order chi connectivity index (χ1) is 20.7. The molecule has 220 valence electrons. The van der Waals surface area contributed by atoms with Gasteiger partial charge in [-0.1, -0.05) is 36.4 Å². The maximum atomic E-state index is 13.4. The van der Waals surface area contributed by atoms with Crippen LogP contribution in [-0.2, 0) is 9.59 Å². The molecule has 0 bridgehead atoms. The lowest BCUT2D eigenvalue weighted by Gasteiger charge is -2.14. The van der Waals surface area contributed by atoms with Gasteiger partial charge < -0.3 is 25.6 Å². The van der Waals surface area contributed by atoms with Crippen molar-refractivity contribution in [1.82, 2.24) is 5.32 Å². The number of carbonyl (C=O) groups excluding carboxylic acids is 3. The molecule has 0 fully saturated rings. The summed E-state index contributed by atoms with van der Waals surface area (Å²) in [7, 11) is 5.48. The van der Waals surface area contributed by atoms with Gasteiger partial charge in [-0.05, 0) is 79.2 Å². The molecule has 4 aromatic rings. The summed E-state index contributed by atoms with van der Waals surface area (Å²) in [4.78, 5) is 41.8. The number of nitrogens with zero attached hydrogens (tertiary/aromatic N) is 1. The van der Waals surface area contributed by atoms with Crippen LogP contribution in [0.3, 0.4) is 0 Å². The van der Waals surface area contributed by atoms with Gasteiger partial charge in [0.25, 0.3) is 11.8 Å². The Balaban J connectivity index is 1.44. The van der Waals surface area contributed by atoms with Crippen molar-refractivity contribution in [3.05, 3.63) is 120 Å². The summed E-state index contributed by atoms with van der Waals surface area (Å²) >= 11 is 1.40. The molecule has 0 radical (unpaired) electrons. The second-order valence-corrected chi connectivity index (χ2v) is 11.2. The van der Waals surface area contributed by atoms with Crippen LogP contribution >= 0.6 is 11.8 Å². The first-order valence-corrected chi connectivity index (χ1v) is 14.5. The van der Waals surface area contributed by atoms with Gasteiger partial charge in [0.15, 0.2) is 0 Å². The third kappa shape index (κ3) is 8.98. The van der Waals surface area contributed by atoms with Gasteiger partial charge in [-0.25, -0.2) is 0 Å². The molecule has 0 spiro atoms. The molecule has 0 aromatic heterocycles. The molecule has 4 rings (SSSR count). The Labute approximate surface area is 256 Å². The van der Waals surface area contributed by atoms with Gasteiger partial charge in [-0.3, -0.25) is 14.4 Å². The topological polar surface area (TPSA) is 99.8 Å². The molecule has 0 saturated heterocycles. The van der Waals surface area contributed by atoms with E-state index in [2.05, 4.69) is 16.0 Å². The van der Waals surface area contributed by atoms with Crippen molar-refractivity contribution in [3.8, 4) is 5.75 Å². The summed E-state index contributed by atoms with van der Waals surface area (Å²) in [5.74, 6) is -0.332. The molecule has 3 amide bonds. The highest BCUT2D eigenvalue weighted by Gasteiger charge is 2.17. The van der Waals surface area contributed by atoms with E-state index in [-0.39, 0.29) is 22.8 Å². The zero-order valence-corrected chi connectivity index (χ0v) is 25.3. The lowest BCUT2D eigenvalue weighted by atomic mass is 10.1. The quantitative estimate of drug-likeness (QED) is 0.139. The van der Waals surface area contributed by atoms with Crippen molar-refractivity contribution in [2.75, 3.05) is 36.7 Å². The monoisotopic (exact) mass is 594 g/mol. The number of benzene rings is 4. The highest BCUT2D eigenvalue weighted by Crippen LogP contribution is 2.26. The Bertz CT molecular complexity index is 1590. The molecular formula is C34H34N4O4S. The summed E-state index contributed by atoms with van der Waals surface area (Å²) in [5.41, 5.74) is 3.53. The van der Waals surface area contributed by atoms with Crippen molar-refractivity contribution >= 4 is 52.6 Å². The van der Waals surface area contributed by atoms with Crippen LogP contribution in [0, 0.1) is 0 Å². The normalized spacial score (nSPS) is 11.7. The third-order valence-corrected chi connectivity index (χ3v) is 7.49. The fourth-order valence-electron chi connectivity index (χ4n) is 4.00. The highest BCUT2D eigenvalue weighted by molar-refractivity contribution is 8.00. The van der Waals surface area contributed by atoms with Crippen LogP contribution in [0.2, 0.25) is 0 Å². The number of carbonyl (C=O) groups is 3. The Morgan fingerprint density at radius 3 is 2.16 bits per heavy atom. The van der Waals surface area contributed by atoms with Crippen LogP contribution in [0.1, 0.15) is 22.8 Å². The molecule has 3 N–H and O–H groups in total. The molecule has 9 heteroatoms. The number of hydrogen-bond acceptors (Lipinski definition) is 6. The third-order valence-electron chi connectivity index (χ3n) is 6.38. The second-order valence-electron chi connectivity index (χ2n) is 9.82. The number of amides is 3. The van der Waals surface area contributed by atoms with Crippen molar-refractivity contribution in [3.63, 3.8) is 0 Å². The second kappa shape index (κ2) is 14.7. The minimum absolute atomic E-state index is 0.104. The molecule has 1 unspecified atom stereocenters. The zero-order valence-electron chi connectivity index (χ0n) is 24.5. The number of ether oxygens (including phenoxy) is 1. The molecule has 43 heavy (non-hydrogen) atoms. The predicted molar refractivity (Wildman–Crippen MR) is 175 cm³/mol. The van der Waals surface area contributed by atoms with E-state index in [0.717, 1.165) is 16.1 Å². The van der Waals surface area contributed by atoms with Crippen LogP contribution in [-0.4, -0.2) is 44.2 Å². The van der Waals surface area contributed by atoms with Gasteiger partial charge >= 0.3 is 0 Å². The Hall–Kier alpha value is -5.02. The summed E-state index contributed by atoms with van der Waals surface area (Å²) in [5, 5.41) is 8.16. The summed E-state index contributed by atoms with van der Waals surface area (Å²) in [6.07, 6.45) is 1.64. The molecule has 0 saturated carbocycles. The number of thioether (sulfide) groups is 1. The van der Waals surface area contributed by atoms with E-state index < -0.39 is 5.91 Å².